The van der Waals surface area contributed by atoms with Crippen molar-refractivity contribution in [1.82, 2.24) is 4.90 Å². The molecule has 1 heterocycles. The minimum absolute atomic E-state index is 0.228. The molecule has 2 N–H and O–H groups in total. The fourth-order valence-electron chi connectivity index (χ4n) is 2.93. The SMILES string of the molecule is O=C(O)CN1C(=O)C(=O)C(=C(O)c2ccccc2)[C@H]1c1ccc(F)cc1. The quantitative estimate of drug-likeness (QED) is 0.499. The molecule has 2 aromatic rings. The van der Waals surface area contributed by atoms with E-state index in [0.717, 1.165) is 17.0 Å². The smallest absolute Gasteiger partial charge is 0.323 e. The molecule has 1 saturated heterocycles. The molecule has 0 aromatic heterocycles. The number of carboxylic acids is 1. The molecule has 3 rings (SSSR count). The lowest BCUT2D eigenvalue weighted by Gasteiger charge is -2.23. The van der Waals surface area contributed by atoms with Crippen molar-refractivity contribution in [1.29, 1.82) is 0 Å². The third-order valence-corrected chi connectivity index (χ3v) is 4.08. The van der Waals surface area contributed by atoms with Crippen LogP contribution < -0.4 is 0 Å². The Kier molecular flexibility index (Phi) is 4.53. The van der Waals surface area contributed by atoms with E-state index in [2.05, 4.69) is 0 Å². The van der Waals surface area contributed by atoms with E-state index in [1.165, 1.54) is 12.1 Å². The molecule has 2 aromatic carbocycles. The van der Waals surface area contributed by atoms with E-state index in [4.69, 9.17) is 5.11 Å². The number of ketones is 1. The highest BCUT2D eigenvalue weighted by Gasteiger charge is 2.46. The lowest BCUT2D eigenvalue weighted by molar-refractivity contribution is -0.146. The largest absolute Gasteiger partial charge is 0.507 e. The number of hydrogen-bond acceptors (Lipinski definition) is 4. The van der Waals surface area contributed by atoms with Gasteiger partial charge in [0.05, 0.1) is 11.6 Å². The summed E-state index contributed by atoms with van der Waals surface area (Å²) in [5.41, 5.74) is 0.409. The van der Waals surface area contributed by atoms with Crippen molar-refractivity contribution in [2.45, 2.75) is 6.04 Å². The number of rotatable bonds is 4. The number of benzene rings is 2. The maximum Gasteiger partial charge on any atom is 0.323 e. The molecule has 0 radical (unpaired) electrons. The fraction of sp³-hybridized carbons (Fsp3) is 0.105. The first kappa shape index (κ1) is 17.3. The van der Waals surface area contributed by atoms with E-state index in [9.17, 15) is 23.9 Å². The molecule has 0 unspecified atom stereocenters. The van der Waals surface area contributed by atoms with Gasteiger partial charge in [0.15, 0.2) is 0 Å². The molecular weight excluding hydrogens is 341 g/mol. The number of aliphatic hydroxyl groups excluding tert-OH is 1. The number of Topliss-reactive ketones (excluding diaryl/α,β-unsaturated/α-hetero) is 1. The number of halogens is 1. The average molecular weight is 355 g/mol. The van der Waals surface area contributed by atoms with Gasteiger partial charge in [0.1, 0.15) is 18.1 Å². The summed E-state index contributed by atoms with van der Waals surface area (Å²) in [6, 6.07) is 12.0. The van der Waals surface area contributed by atoms with Gasteiger partial charge in [0.2, 0.25) is 0 Å². The van der Waals surface area contributed by atoms with Crippen molar-refractivity contribution in [3.63, 3.8) is 0 Å². The van der Waals surface area contributed by atoms with Crippen LogP contribution in [0, 0.1) is 5.82 Å². The van der Waals surface area contributed by atoms with Crippen molar-refractivity contribution in [3.8, 4) is 0 Å². The second kappa shape index (κ2) is 6.79. The molecule has 0 saturated carbocycles. The third-order valence-electron chi connectivity index (χ3n) is 4.08. The Hall–Kier alpha value is -3.48. The van der Waals surface area contributed by atoms with Gasteiger partial charge in [-0.2, -0.15) is 0 Å². The van der Waals surface area contributed by atoms with Crippen LogP contribution in [0.25, 0.3) is 5.76 Å². The lowest BCUT2D eigenvalue weighted by Crippen LogP contribution is -2.34. The van der Waals surface area contributed by atoms with Crippen LogP contribution >= 0.6 is 0 Å². The molecule has 1 amide bonds. The first-order valence-electron chi connectivity index (χ1n) is 7.71. The fourth-order valence-corrected chi connectivity index (χ4v) is 2.93. The van der Waals surface area contributed by atoms with Gasteiger partial charge in [0, 0.05) is 5.56 Å². The van der Waals surface area contributed by atoms with E-state index in [1.807, 2.05) is 0 Å². The molecule has 6 nitrogen and oxygen atoms in total. The van der Waals surface area contributed by atoms with Gasteiger partial charge >= 0.3 is 5.97 Å². The Morgan fingerprint density at radius 2 is 1.62 bits per heavy atom. The number of carbonyl (C=O) groups excluding carboxylic acids is 2. The molecule has 7 heteroatoms. The highest BCUT2D eigenvalue weighted by Crippen LogP contribution is 2.39. The van der Waals surface area contributed by atoms with Gasteiger partial charge in [-0.25, -0.2) is 4.39 Å². The number of nitrogens with zero attached hydrogens (tertiary/aromatic N) is 1. The number of carbonyl (C=O) groups is 3. The normalized spacial score (nSPS) is 19.0. The Balaban J connectivity index is 2.19. The zero-order valence-corrected chi connectivity index (χ0v) is 13.4. The Labute approximate surface area is 147 Å². The first-order valence-corrected chi connectivity index (χ1v) is 7.71. The predicted molar refractivity (Wildman–Crippen MR) is 89.5 cm³/mol. The lowest BCUT2D eigenvalue weighted by atomic mass is 9.95. The Bertz CT molecular complexity index is 905. The molecule has 1 aliphatic rings. The van der Waals surface area contributed by atoms with Crippen molar-refractivity contribution < 1.29 is 29.0 Å². The minimum Gasteiger partial charge on any atom is -0.507 e. The summed E-state index contributed by atoms with van der Waals surface area (Å²) in [4.78, 5) is 36.8. The molecule has 1 fully saturated rings. The van der Waals surface area contributed by atoms with Gasteiger partial charge in [-0.15, -0.1) is 0 Å². The Morgan fingerprint density at radius 3 is 2.19 bits per heavy atom. The maximum atomic E-state index is 13.3. The molecule has 0 aliphatic carbocycles. The summed E-state index contributed by atoms with van der Waals surface area (Å²) in [5, 5.41) is 19.7. The van der Waals surface area contributed by atoms with E-state index >= 15 is 0 Å². The number of likely N-dealkylation sites (tertiary alicyclic amines) is 1. The maximum absolute atomic E-state index is 13.3. The van der Waals surface area contributed by atoms with Crippen LogP contribution in [-0.4, -0.2) is 39.3 Å². The van der Waals surface area contributed by atoms with Crippen LogP contribution in [0.5, 0.6) is 0 Å². The monoisotopic (exact) mass is 355 g/mol. The third kappa shape index (κ3) is 3.06. The van der Waals surface area contributed by atoms with Crippen molar-refractivity contribution in [2.24, 2.45) is 0 Å². The van der Waals surface area contributed by atoms with Gasteiger partial charge in [-0.05, 0) is 17.7 Å². The van der Waals surface area contributed by atoms with Gasteiger partial charge in [0.25, 0.3) is 11.7 Å². The highest BCUT2D eigenvalue weighted by molar-refractivity contribution is 6.46. The highest BCUT2D eigenvalue weighted by atomic mass is 19.1. The predicted octanol–water partition coefficient (Wildman–Crippen LogP) is 2.33. The molecule has 0 bridgehead atoms. The number of carboxylic acid groups (broad SMARTS) is 1. The van der Waals surface area contributed by atoms with Crippen LogP contribution in [-0.2, 0) is 14.4 Å². The molecule has 1 atom stereocenters. The standard InChI is InChI=1S/C19H14FNO5/c20-13-8-6-11(7-9-13)16-15(17(24)12-4-2-1-3-5-12)18(25)19(26)21(16)10-14(22)23/h1-9,16,24H,10H2,(H,22,23)/t16-/m1/s1. The number of aliphatic hydroxyl groups is 1. The van der Waals surface area contributed by atoms with Gasteiger partial charge < -0.3 is 15.1 Å². The zero-order chi connectivity index (χ0) is 18.8. The molecule has 26 heavy (non-hydrogen) atoms. The minimum atomic E-state index is -1.31. The van der Waals surface area contributed by atoms with Crippen molar-refractivity contribution in [3.05, 3.63) is 77.1 Å². The summed E-state index contributed by atoms with van der Waals surface area (Å²) in [6.45, 7) is -0.724. The summed E-state index contributed by atoms with van der Waals surface area (Å²) in [6.07, 6.45) is 0. The van der Waals surface area contributed by atoms with Crippen LogP contribution in [0.4, 0.5) is 4.39 Å². The number of hydrogen-bond donors (Lipinski definition) is 2. The van der Waals surface area contributed by atoms with E-state index in [-0.39, 0.29) is 5.57 Å². The van der Waals surface area contributed by atoms with Crippen LogP contribution in [0.1, 0.15) is 17.2 Å². The molecule has 132 valence electrons. The van der Waals surface area contributed by atoms with Gasteiger partial charge in [-0.3, -0.25) is 14.4 Å². The summed E-state index contributed by atoms with van der Waals surface area (Å²) in [5.74, 6) is -4.25. The zero-order valence-electron chi connectivity index (χ0n) is 13.4. The topological polar surface area (TPSA) is 94.9 Å². The molecular formula is C19H14FNO5. The van der Waals surface area contributed by atoms with E-state index < -0.39 is 41.8 Å². The van der Waals surface area contributed by atoms with Crippen LogP contribution in [0.2, 0.25) is 0 Å². The summed E-state index contributed by atoms with van der Waals surface area (Å²) in [7, 11) is 0. The molecule has 0 spiro atoms. The number of aliphatic carboxylic acids is 1. The average Bonchev–Trinajstić information content (AvgIpc) is 2.87. The van der Waals surface area contributed by atoms with E-state index in [0.29, 0.717) is 11.1 Å². The Morgan fingerprint density at radius 1 is 1.00 bits per heavy atom. The van der Waals surface area contributed by atoms with Gasteiger partial charge in [-0.1, -0.05) is 42.5 Å². The second-order valence-corrected chi connectivity index (χ2v) is 5.74. The van der Waals surface area contributed by atoms with Crippen LogP contribution in [0.3, 0.4) is 0 Å². The second-order valence-electron chi connectivity index (χ2n) is 5.74. The van der Waals surface area contributed by atoms with E-state index in [1.54, 1.807) is 30.3 Å². The van der Waals surface area contributed by atoms with Crippen LogP contribution in [0.15, 0.2) is 60.2 Å². The summed E-state index contributed by atoms with van der Waals surface area (Å²) >= 11 is 0. The number of amides is 1. The van der Waals surface area contributed by atoms with Crippen molar-refractivity contribution in [2.75, 3.05) is 6.54 Å². The van der Waals surface area contributed by atoms with Crippen molar-refractivity contribution >= 4 is 23.4 Å². The first-order chi connectivity index (χ1) is 12.4. The summed E-state index contributed by atoms with van der Waals surface area (Å²) < 4.78 is 13.3. The molecule has 1 aliphatic heterocycles.